The van der Waals surface area contributed by atoms with Gasteiger partial charge in [0.25, 0.3) is 11.5 Å². The van der Waals surface area contributed by atoms with Crippen LogP contribution in [0.4, 0.5) is 0 Å². The number of aromatic nitrogens is 6. The first-order chi connectivity index (χ1) is 18.3. The van der Waals surface area contributed by atoms with Crippen molar-refractivity contribution in [2.75, 3.05) is 0 Å². The van der Waals surface area contributed by atoms with Gasteiger partial charge in [-0.15, -0.1) is 0 Å². The van der Waals surface area contributed by atoms with Gasteiger partial charge in [0, 0.05) is 25.0 Å². The molecule has 0 radical (unpaired) electrons. The van der Waals surface area contributed by atoms with E-state index in [1.807, 2.05) is 50.4 Å². The highest BCUT2D eigenvalue weighted by Crippen LogP contribution is 2.20. The molecule has 9 heteroatoms. The Morgan fingerprint density at radius 2 is 1.79 bits per heavy atom. The molecule has 2 aromatic carbocycles. The third kappa shape index (κ3) is 4.80. The van der Waals surface area contributed by atoms with Crippen molar-refractivity contribution in [1.82, 2.24) is 34.6 Å². The van der Waals surface area contributed by atoms with Crippen LogP contribution >= 0.6 is 0 Å². The Balaban J connectivity index is 1.64. The first kappa shape index (κ1) is 24.6. The number of rotatable bonds is 4. The van der Waals surface area contributed by atoms with Crippen molar-refractivity contribution in [3.8, 4) is 17.5 Å². The SMILES string of the molecule is Cc1cnc(C(=O)N[C@H](C)c2nc3cccc(C#Cc4cnn(C)c4)c3c(=O)n2-c2ccccc2)c(C)n1. The molecule has 0 bridgehead atoms. The van der Waals surface area contributed by atoms with E-state index < -0.39 is 11.9 Å². The van der Waals surface area contributed by atoms with Crippen LogP contribution in [0.2, 0.25) is 0 Å². The molecule has 0 aliphatic rings. The second-order valence-electron chi connectivity index (χ2n) is 8.94. The number of hydrogen-bond acceptors (Lipinski definition) is 6. The van der Waals surface area contributed by atoms with Gasteiger partial charge in [0.2, 0.25) is 0 Å². The molecule has 9 nitrogen and oxygen atoms in total. The molecule has 38 heavy (non-hydrogen) atoms. The molecule has 0 saturated heterocycles. The zero-order valence-electron chi connectivity index (χ0n) is 21.4. The second kappa shape index (κ2) is 10.1. The summed E-state index contributed by atoms with van der Waals surface area (Å²) >= 11 is 0. The van der Waals surface area contributed by atoms with E-state index >= 15 is 0 Å². The number of carbonyl (C=O) groups is 1. The maximum Gasteiger partial charge on any atom is 0.272 e. The predicted octanol–water partition coefficient (Wildman–Crippen LogP) is 3.42. The summed E-state index contributed by atoms with van der Waals surface area (Å²) in [5, 5.41) is 7.48. The van der Waals surface area contributed by atoms with E-state index in [2.05, 4.69) is 32.2 Å². The van der Waals surface area contributed by atoms with Crippen LogP contribution in [0.15, 0.2) is 71.9 Å². The minimum atomic E-state index is -0.618. The van der Waals surface area contributed by atoms with Gasteiger partial charge >= 0.3 is 0 Å². The van der Waals surface area contributed by atoms with Crippen LogP contribution in [-0.4, -0.2) is 35.2 Å². The van der Waals surface area contributed by atoms with Crippen LogP contribution in [0.25, 0.3) is 16.6 Å². The van der Waals surface area contributed by atoms with Crippen molar-refractivity contribution in [2.24, 2.45) is 7.05 Å². The first-order valence-electron chi connectivity index (χ1n) is 12.0. The summed E-state index contributed by atoms with van der Waals surface area (Å²) in [5.41, 5.74) is 3.61. The average Bonchev–Trinajstić information content (AvgIpc) is 3.32. The largest absolute Gasteiger partial charge is 0.341 e. The van der Waals surface area contributed by atoms with Gasteiger partial charge in [-0.25, -0.2) is 9.97 Å². The fourth-order valence-corrected chi connectivity index (χ4v) is 4.24. The van der Waals surface area contributed by atoms with Crippen LogP contribution in [0.5, 0.6) is 0 Å². The van der Waals surface area contributed by atoms with Gasteiger partial charge in [0.1, 0.15) is 11.5 Å². The summed E-state index contributed by atoms with van der Waals surface area (Å²) in [4.78, 5) is 40.5. The van der Waals surface area contributed by atoms with Crippen molar-refractivity contribution < 1.29 is 4.79 Å². The minimum Gasteiger partial charge on any atom is -0.341 e. The third-order valence-electron chi connectivity index (χ3n) is 6.00. The smallest absolute Gasteiger partial charge is 0.272 e. The monoisotopic (exact) mass is 503 g/mol. The lowest BCUT2D eigenvalue weighted by atomic mass is 10.1. The average molecular weight is 504 g/mol. The van der Waals surface area contributed by atoms with Crippen LogP contribution in [0, 0.1) is 25.7 Å². The summed E-state index contributed by atoms with van der Waals surface area (Å²) in [6.07, 6.45) is 5.03. The lowest BCUT2D eigenvalue weighted by Crippen LogP contribution is -2.34. The zero-order valence-corrected chi connectivity index (χ0v) is 21.4. The first-order valence-corrected chi connectivity index (χ1v) is 12.0. The molecule has 1 amide bonds. The molecule has 1 N–H and O–H groups in total. The molecule has 1 atom stereocenters. The highest BCUT2D eigenvalue weighted by molar-refractivity contribution is 5.93. The van der Waals surface area contributed by atoms with Crippen molar-refractivity contribution in [3.63, 3.8) is 0 Å². The van der Waals surface area contributed by atoms with Gasteiger partial charge in [-0.05, 0) is 45.0 Å². The van der Waals surface area contributed by atoms with Crippen molar-refractivity contribution in [3.05, 3.63) is 112 Å². The number of para-hydroxylation sites is 1. The van der Waals surface area contributed by atoms with Gasteiger partial charge < -0.3 is 5.32 Å². The molecule has 3 aromatic heterocycles. The topological polar surface area (TPSA) is 108 Å². The number of hydrogen-bond donors (Lipinski definition) is 1. The zero-order chi connectivity index (χ0) is 26.8. The Morgan fingerprint density at radius 1 is 1.00 bits per heavy atom. The molecule has 3 heterocycles. The normalized spacial score (nSPS) is 11.6. The number of carbonyl (C=O) groups excluding carboxylic acids is 1. The van der Waals surface area contributed by atoms with E-state index in [9.17, 15) is 9.59 Å². The van der Waals surface area contributed by atoms with Crippen LogP contribution in [-0.2, 0) is 7.05 Å². The van der Waals surface area contributed by atoms with E-state index in [0.717, 1.165) is 11.3 Å². The van der Waals surface area contributed by atoms with E-state index in [1.54, 1.807) is 49.3 Å². The van der Waals surface area contributed by atoms with E-state index in [0.29, 0.717) is 33.7 Å². The number of fused-ring (bicyclic) bond motifs is 1. The molecule has 0 aliphatic carbocycles. The maximum absolute atomic E-state index is 14.0. The second-order valence-corrected chi connectivity index (χ2v) is 8.94. The fraction of sp³-hybridized carbons (Fsp3) is 0.172. The highest BCUT2D eigenvalue weighted by Gasteiger charge is 2.22. The Hall–Kier alpha value is -5.10. The van der Waals surface area contributed by atoms with Crippen molar-refractivity contribution >= 4 is 16.8 Å². The number of aryl methyl sites for hydroxylation is 3. The summed E-state index contributed by atoms with van der Waals surface area (Å²) < 4.78 is 3.19. The molecule has 0 spiro atoms. The van der Waals surface area contributed by atoms with Crippen molar-refractivity contribution in [1.29, 1.82) is 0 Å². The molecule has 0 fully saturated rings. The summed E-state index contributed by atoms with van der Waals surface area (Å²) in [5.74, 6) is 6.17. The maximum atomic E-state index is 14.0. The van der Waals surface area contributed by atoms with E-state index in [4.69, 9.17) is 4.98 Å². The molecule has 5 aromatic rings. The van der Waals surface area contributed by atoms with Gasteiger partial charge in [-0.2, -0.15) is 5.10 Å². The van der Waals surface area contributed by atoms with Crippen LogP contribution < -0.4 is 10.9 Å². The number of nitrogens with zero attached hydrogens (tertiary/aromatic N) is 6. The fourth-order valence-electron chi connectivity index (χ4n) is 4.24. The molecular weight excluding hydrogens is 478 g/mol. The Morgan fingerprint density at radius 3 is 2.50 bits per heavy atom. The molecule has 5 rings (SSSR count). The molecule has 188 valence electrons. The third-order valence-corrected chi connectivity index (χ3v) is 6.00. The Bertz CT molecular complexity index is 1790. The van der Waals surface area contributed by atoms with Gasteiger partial charge in [0.05, 0.1) is 45.8 Å². The minimum absolute atomic E-state index is 0.227. The molecular formula is C29H25N7O2. The lowest BCUT2D eigenvalue weighted by molar-refractivity contribution is 0.0931. The number of amides is 1. The number of benzene rings is 2. The Labute approximate surface area is 219 Å². The van der Waals surface area contributed by atoms with Gasteiger partial charge in [-0.1, -0.05) is 36.1 Å². The van der Waals surface area contributed by atoms with Crippen LogP contribution in [0.3, 0.4) is 0 Å². The van der Waals surface area contributed by atoms with E-state index in [1.165, 1.54) is 4.57 Å². The lowest BCUT2D eigenvalue weighted by Gasteiger charge is -2.20. The van der Waals surface area contributed by atoms with Crippen LogP contribution in [0.1, 0.15) is 51.8 Å². The number of nitrogens with one attached hydrogen (secondary N) is 1. The molecule has 0 aliphatic heterocycles. The standard InChI is InChI=1S/C29H25N7O2/c1-18-15-30-26(19(2)32-18)28(37)33-20(3)27-34-24-12-8-9-22(14-13-21-16-31-35(4)17-21)25(24)29(38)36(27)23-10-6-5-7-11-23/h5-12,15-17,20H,1-4H3,(H,33,37)/t20-/m1/s1. The van der Waals surface area contributed by atoms with Crippen molar-refractivity contribution in [2.45, 2.75) is 26.8 Å². The molecule has 0 unspecified atom stereocenters. The van der Waals surface area contributed by atoms with Gasteiger partial charge in [0.15, 0.2) is 0 Å². The quantitative estimate of drug-likeness (QED) is 0.377. The van der Waals surface area contributed by atoms with Gasteiger partial charge in [-0.3, -0.25) is 23.8 Å². The molecule has 0 saturated carbocycles. The van der Waals surface area contributed by atoms with E-state index in [-0.39, 0.29) is 11.3 Å². The predicted molar refractivity (Wildman–Crippen MR) is 144 cm³/mol. The summed E-state index contributed by atoms with van der Waals surface area (Å²) in [6.45, 7) is 5.34. The Kier molecular flexibility index (Phi) is 6.54. The summed E-state index contributed by atoms with van der Waals surface area (Å²) in [6, 6.07) is 14.0. The summed E-state index contributed by atoms with van der Waals surface area (Å²) in [7, 11) is 1.82. The highest BCUT2D eigenvalue weighted by atomic mass is 16.2.